The van der Waals surface area contributed by atoms with Gasteiger partial charge in [-0.15, -0.1) is 10.0 Å². The highest BCUT2D eigenvalue weighted by molar-refractivity contribution is 3.97. The summed E-state index contributed by atoms with van der Waals surface area (Å²) in [4.78, 5) is 4.38. The first-order valence-corrected chi connectivity index (χ1v) is 1.74. The van der Waals surface area contributed by atoms with Gasteiger partial charge in [0, 0.05) is 11.1 Å². The number of nitrogens with one attached hydrogen (secondary N) is 3. The molecular formula is CH7N4O2+. The molecule has 6 nitrogen and oxygen atoms in total. The molecule has 0 unspecified atom stereocenters. The Labute approximate surface area is 40.0 Å². The third-order valence-electron chi connectivity index (χ3n) is 0.679. The van der Waals surface area contributed by atoms with E-state index in [1.807, 2.05) is 0 Å². The number of hydrogen-bond donors (Lipinski definition) is 4. The van der Waals surface area contributed by atoms with Crippen molar-refractivity contribution in [3.8, 4) is 0 Å². The molecular weight excluding hydrogens is 100 g/mol. The van der Waals surface area contributed by atoms with Crippen molar-refractivity contribution in [1.82, 2.24) is 16.6 Å². The van der Waals surface area contributed by atoms with Gasteiger partial charge < -0.3 is 0 Å². The van der Waals surface area contributed by atoms with Crippen LogP contribution in [0.2, 0.25) is 0 Å². The second-order valence-electron chi connectivity index (χ2n) is 1.11. The summed E-state index contributed by atoms with van der Waals surface area (Å²) < 4.78 is 0. The first kappa shape index (κ1) is 4.91. The number of nitrogens with zero attached hydrogens (tertiary/aromatic N) is 1. The summed E-state index contributed by atoms with van der Waals surface area (Å²) in [6.07, 6.45) is 0. The van der Waals surface area contributed by atoms with Crippen molar-refractivity contribution in [3.63, 3.8) is 0 Å². The van der Waals surface area contributed by atoms with E-state index in [1.54, 1.807) is 0 Å². The molecule has 1 fully saturated rings. The minimum atomic E-state index is -0.792. The Bertz CT molecular complexity index is 64.6. The molecule has 0 aliphatic carbocycles. The topological polar surface area (TPSA) is 65.5 Å². The van der Waals surface area contributed by atoms with Crippen LogP contribution in [0.15, 0.2) is 0 Å². The Hall–Kier alpha value is -0.240. The second kappa shape index (κ2) is 1.37. The van der Waals surface area contributed by atoms with Crippen LogP contribution in [0.4, 0.5) is 0 Å². The van der Waals surface area contributed by atoms with Crippen LogP contribution in [0, 0.1) is 0 Å². The lowest BCUT2D eigenvalue weighted by Crippen LogP contribution is -2.84. The fourth-order valence-corrected chi connectivity index (χ4v) is 0.243. The lowest BCUT2D eigenvalue weighted by molar-refractivity contribution is -1.34. The summed E-state index contributed by atoms with van der Waals surface area (Å²) in [6, 6.07) is 0. The number of rotatable bonds is 1. The minimum Gasteiger partial charge on any atom is -0.136 e. The highest BCUT2D eigenvalue weighted by Gasteiger charge is 2.35. The number of hydrazine groups is 2. The molecule has 0 atom stereocenters. The molecule has 7 heavy (non-hydrogen) atoms. The standard InChI is InChI=1S/CH7N4O2/c1-7-5(6)3-2-4-5/h2-4,6H,1H3/q+1. The zero-order chi connectivity index (χ0) is 5.33. The van der Waals surface area contributed by atoms with Crippen LogP contribution in [-0.4, -0.2) is 17.3 Å². The lowest BCUT2D eigenvalue weighted by atomic mass is 11.7. The van der Waals surface area contributed by atoms with Gasteiger partial charge in [0.1, 0.15) is 12.1 Å². The summed E-state index contributed by atoms with van der Waals surface area (Å²) in [5.74, 6) is 0. The molecule has 42 valence electrons. The van der Waals surface area contributed by atoms with Crippen molar-refractivity contribution in [2.24, 2.45) is 0 Å². The molecule has 0 spiro atoms. The molecule has 0 aromatic heterocycles. The molecule has 4 N–H and O–H groups in total. The van der Waals surface area contributed by atoms with E-state index in [-0.39, 0.29) is 0 Å². The third-order valence-corrected chi connectivity index (χ3v) is 0.679. The lowest BCUT2D eigenvalue weighted by Gasteiger charge is -2.31. The average Bonchev–Trinajstić information content (AvgIpc) is 1.61. The van der Waals surface area contributed by atoms with Gasteiger partial charge in [-0.25, -0.2) is 0 Å². The van der Waals surface area contributed by atoms with Crippen LogP contribution in [0.1, 0.15) is 0 Å². The molecule has 0 radical (unpaired) electrons. The van der Waals surface area contributed by atoms with Gasteiger partial charge in [0.05, 0.1) is 0 Å². The Kier molecular flexibility index (Phi) is 0.961. The molecule has 6 heteroatoms. The van der Waals surface area contributed by atoms with Crippen molar-refractivity contribution in [2.45, 2.75) is 0 Å². The predicted octanol–water partition coefficient (Wildman–Crippen LogP) is -1.80. The first-order valence-electron chi connectivity index (χ1n) is 1.74. The zero-order valence-corrected chi connectivity index (χ0v) is 3.80. The smallest absolute Gasteiger partial charge is 0.135 e. The van der Waals surface area contributed by atoms with Gasteiger partial charge in [-0.1, -0.05) is 5.53 Å². The molecule has 1 saturated heterocycles. The van der Waals surface area contributed by atoms with Gasteiger partial charge in [-0.05, 0) is 0 Å². The van der Waals surface area contributed by atoms with Crippen LogP contribution in [0.5, 0.6) is 0 Å². The van der Waals surface area contributed by atoms with Crippen molar-refractivity contribution in [2.75, 3.05) is 7.11 Å². The van der Waals surface area contributed by atoms with Crippen LogP contribution in [-0.2, 0) is 4.84 Å². The Morgan fingerprint density at radius 3 is 2.14 bits per heavy atom. The van der Waals surface area contributed by atoms with Gasteiger partial charge in [0.25, 0.3) is 0 Å². The monoisotopic (exact) mass is 107 g/mol. The van der Waals surface area contributed by atoms with Crippen molar-refractivity contribution in [3.05, 3.63) is 0 Å². The second-order valence-corrected chi connectivity index (χ2v) is 1.11. The molecule has 1 rings (SSSR count). The van der Waals surface area contributed by atoms with Crippen LogP contribution in [0.25, 0.3) is 0 Å². The predicted molar refractivity (Wildman–Crippen MR) is 18.5 cm³/mol. The van der Waals surface area contributed by atoms with Gasteiger partial charge in [-0.3, -0.25) is 0 Å². The molecule has 0 bridgehead atoms. The maximum absolute atomic E-state index is 8.65. The van der Waals surface area contributed by atoms with Gasteiger partial charge >= 0.3 is 0 Å². The molecule has 0 amide bonds. The summed E-state index contributed by atoms with van der Waals surface area (Å²) in [5.41, 5.74) is 6.91. The van der Waals surface area contributed by atoms with E-state index < -0.39 is 5.03 Å². The van der Waals surface area contributed by atoms with Crippen LogP contribution in [0.3, 0.4) is 0 Å². The summed E-state index contributed by atoms with van der Waals surface area (Å²) in [7, 11) is 1.35. The third kappa shape index (κ3) is 0.703. The van der Waals surface area contributed by atoms with Gasteiger partial charge in [0.2, 0.25) is 0 Å². The molecule has 1 aliphatic rings. The Balaban J connectivity index is 2.29. The van der Waals surface area contributed by atoms with Crippen LogP contribution >= 0.6 is 0 Å². The average molecular weight is 107 g/mol. The Morgan fingerprint density at radius 2 is 2.14 bits per heavy atom. The summed E-state index contributed by atoms with van der Waals surface area (Å²) in [6.45, 7) is 0. The van der Waals surface area contributed by atoms with E-state index in [0.29, 0.717) is 0 Å². The van der Waals surface area contributed by atoms with Crippen molar-refractivity contribution < 1.29 is 15.1 Å². The van der Waals surface area contributed by atoms with E-state index in [4.69, 9.17) is 5.21 Å². The highest BCUT2D eigenvalue weighted by Crippen LogP contribution is 1.89. The normalized spacial score (nSPS) is 26.6. The number of quaternary nitrogens is 1. The fourth-order valence-electron chi connectivity index (χ4n) is 0.243. The summed E-state index contributed by atoms with van der Waals surface area (Å²) >= 11 is 0. The highest BCUT2D eigenvalue weighted by atomic mass is 17.0. The van der Waals surface area contributed by atoms with E-state index in [0.717, 1.165) is 0 Å². The largest absolute Gasteiger partial charge is 0.136 e. The molecule has 0 aromatic carbocycles. The minimum absolute atomic E-state index is 0.792. The summed E-state index contributed by atoms with van der Waals surface area (Å²) in [5, 5.41) is 7.86. The van der Waals surface area contributed by atoms with E-state index in [2.05, 4.69) is 21.4 Å². The van der Waals surface area contributed by atoms with Crippen LogP contribution < -0.4 is 16.6 Å². The quantitative estimate of drug-likeness (QED) is 0.298. The molecule has 0 aromatic rings. The number of hydrogen-bond acceptors (Lipinski definition) is 5. The van der Waals surface area contributed by atoms with E-state index in [1.165, 1.54) is 7.11 Å². The van der Waals surface area contributed by atoms with Gasteiger partial charge in [0.15, 0.2) is 0 Å². The molecule has 0 saturated carbocycles. The van der Waals surface area contributed by atoms with E-state index in [9.17, 15) is 0 Å². The Morgan fingerprint density at radius 1 is 1.57 bits per heavy atom. The first-order chi connectivity index (χ1) is 3.27. The zero-order valence-electron chi connectivity index (χ0n) is 3.80. The molecule has 1 heterocycles. The molecule has 1 aliphatic heterocycles. The van der Waals surface area contributed by atoms with Gasteiger partial charge in [-0.2, -0.15) is 0 Å². The maximum atomic E-state index is 8.65. The van der Waals surface area contributed by atoms with E-state index >= 15 is 0 Å². The maximum Gasteiger partial charge on any atom is 0.135 e. The fraction of sp³-hybridized carbons (Fsp3) is 1.00. The SMILES string of the molecule is CO[N+]1(O)NNN1. The van der Waals surface area contributed by atoms with Crippen molar-refractivity contribution in [1.29, 1.82) is 0 Å². The van der Waals surface area contributed by atoms with Crippen molar-refractivity contribution >= 4 is 0 Å².